The van der Waals surface area contributed by atoms with Crippen molar-refractivity contribution in [1.29, 1.82) is 0 Å². The first kappa shape index (κ1) is 12.9. The molecule has 0 saturated heterocycles. The molecule has 2 aliphatic rings. The van der Waals surface area contributed by atoms with Crippen LogP contribution in [-0.2, 0) is 13.0 Å². The van der Waals surface area contributed by atoms with Gasteiger partial charge >= 0.3 is 0 Å². The second-order valence-corrected chi connectivity index (χ2v) is 6.08. The van der Waals surface area contributed by atoms with E-state index in [2.05, 4.69) is 15.6 Å². The smallest absolute Gasteiger partial charge is 0.130 e. The van der Waals surface area contributed by atoms with Crippen LogP contribution in [0, 0.1) is 0 Å². The van der Waals surface area contributed by atoms with Crippen LogP contribution in [0.1, 0.15) is 54.6 Å². The minimum Gasteiger partial charge on any atom is -0.487 e. The van der Waals surface area contributed by atoms with Crippen molar-refractivity contribution < 1.29 is 9.84 Å². The summed E-state index contributed by atoms with van der Waals surface area (Å²) in [5.74, 6) is 0.832. The van der Waals surface area contributed by atoms with Crippen molar-refractivity contribution in [2.24, 2.45) is 0 Å². The molecule has 110 valence electrons. The number of ether oxygens (including phenoxy) is 1. The topological polar surface area (TPSA) is 47.3 Å². The fourth-order valence-corrected chi connectivity index (χ4v) is 3.12. The number of rotatable bonds is 4. The van der Waals surface area contributed by atoms with Crippen molar-refractivity contribution in [3.05, 3.63) is 47.5 Å². The molecule has 0 bridgehead atoms. The fraction of sp³-hybridized carbons (Fsp3) is 0.471. The Hall–Kier alpha value is -1.81. The molecule has 1 saturated carbocycles. The third kappa shape index (κ3) is 2.56. The van der Waals surface area contributed by atoms with Gasteiger partial charge in [-0.2, -0.15) is 0 Å². The number of fused-ring (bicyclic) bond motifs is 1. The number of aliphatic hydroxyl groups is 1. The van der Waals surface area contributed by atoms with E-state index < -0.39 is 0 Å². The molecule has 4 heteroatoms. The van der Waals surface area contributed by atoms with E-state index >= 15 is 0 Å². The van der Waals surface area contributed by atoms with Crippen LogP contribution in [0.25, 0.3) is 0 Å². The van der Waals surface area contributed by atoms with Crippen molar-refractivity contribution in [2.45, 2.75) is 50.9 Å². The first-order valence-corrected chi connectivity index (χ1v) is 7.75. The van der Waals surface area contributed by atoms with Gasteiger partial charge in [0.25, 0.3) is 0 Å². The van der Waals surface area contributed by atoms with Gasteiger partial charge in [-0.25, -0.2) is 4.98 Å². The largest absolute Gasteiger partial charge is 0.487 e. The number of benzene rings is 1. The molecular formula is C17H20N2O2. The standard InChI is InChI=1S/C17H20N2O2/c20-17-3-1-2-12-4-7-15(8-16(12)17)21-10-14-9-18-11-19(14)13-5-6-13/h4,7-9,11,13,17,20H,1-3,5-6,10H2/t17-/m0/s1. The minimum atomic E-state index is -0.339. The first-order valence-electron chi connectivity index (χ1n) is 7.75. The lowest BCUT2D eigenvalue weighted by molar-refractivity contribution is 0.156. The fourth-order valence-electron chi connectivity index (χ4n) is 3.12. The molecule has 21 heavy (non-hydrogen) atoms. The van der Waals surface area contributed by atoms with Crippen LogP contribution in [0.15, 0.2) is 30.7 Å². The molecule has 2 aliphatic carbocycles. The number of imidazole rings is 1. The molecule has 0 spiro atoms. The lowest BCUT2D eigenvalue weighted by atomic mass is 9.89. The highest BCUT2D eigenvalue weighted by Gasteiger charge is 2.25. The van der Waals surface area contributed by atoms with E-state index in [1.165, 1.54) is 18.4 Å². The van der Waals surface area contributed by atoms with E-state index in [4.69, 9.17) is 4.74 Å². The molecule has 0 unspecified atom stereocenters. The van der Waals surface area contributed by atoms with Crippen LogP contribution < -0.4 is 4.74 Å². The van der Waals surface area contributed by atoms with Gasteiger partial charge in [-0.15, -0.1) is 0 Å². The van der Waals surface area contributed by atoms with E-state index in [0.29, 0.717) is 12.6 Å². The monoisotopic (exact) mass is 284 g/mol. The van der Waals surface area contributed by atoms with Crippen molar-refractivity contribution >= 4 is 0 Å². The molecule has 0 aliphatic heterocycles. The summed E-state index contributed by atoms with van der Waals surface area (Å²) in [5, 5.41) is 10.1. The Kier molecular flexibility index (Phi) is 3.19. The Morgan fingerprint density at radius 2 is 2.19 bits per heavy atom. The summed E-state index contributed by atoms with van der Waals surface area (Å²) in [6.07, 6.45) is 8.90. The highest BCUT2D eigenvalue weighted by molar-refractivity contribution is 5.38. The van der Waals surface area contributed by atoms with Gasteiger partial charge in [0.05, 0.1) is 24.3 Å². The highest BCUT2D eigenvalue weighted by atomic mass is 16.5. The molecule has 0 amide bonds. The van der Waals surface area contributed by atoms with Gasteiger partial charge < -0.3 is 14.4 Å². The number of aliphatic hydroxyl groups excluding tert-OH is 1. The van der Waals surface area contributed by atoms with Crippen LogP contribution >= 0.6 is 0 Å². The second kappa shape index (κ2) is 5.19. The summed E-state index contributed by atoms with van der Waals surface area (Å²) in [7, 11) is 0. The van der Waals surface area contributed by atoms with E-state index in [1.807, 2.05) is 24.7 Å². The molecule has 1 aromatic carbocycles. The lowest BCUT2D eigenvalue weighted by Crippen LogP contribution is -2.09. The summed E-state index contributed by atoms with van der Waals surface area (Å²) in [6, 6.07) is 6.72. The Balaban J connectivity index is 1.49. The summed E-state index contributed by atoms with van der Waals surface area (Å²) in [5.41, 5.74) is 3.41. The molecule has 2 aromatic rings. The molecule has 4 nitrogen and oxygen atoms in total. The maximum Gasteiger partial charge on any atom is 0.130 e. The average Bonchev–Trinajstić information content (AvgIpc) is 3.24. The van der Waals surface area contributed by atoms with E-state index in [-0.39, 0.29) is 6.10 Å². The van der Waals surface area contributed by atoms with Crippen molar-refractivity contribution in [1.82, 2.24) is 9.55 Å². The van der Waals surface area contributed by atoms with E-state index in [1.54, 1.807) is 0 Å². The van der Waals surface area contributed by atoms with Crippen LogP contribution in [0.2, 0.25) is 0 Å². The molecule has 4 rings (SSSR count). The molecule has 0 radical (unpaired) electrons. The van der Waals surface area contributed by atoms with Gasteiger partial charge in [-0.3, -0.25) is 0 Å². The molecular weight excluding hydrogens is 264 g/mol. The van der Waals surface area contributed by atoms with Gasteiger partial charge in [0, 0.05) is 6.04 Å². The van der Waals surface area contributed by atoms with Crippen molar-refractivity contribution in [3.8, 4) is 5.75 Å². The summed E-state index contributed by atoms with van der Waals surface area (Å²) in [4.78, 5) is 4.22. The van der Waals surface area contributed by atoms with Gasteiger partial charge in [0.2, 0.25) is 0 Å². The highest BCUT2D eigenvalue weighted by Crippen LogP contribution is 2.36. The zero-order chi connectivity index (χ0) is 14.2. The number of aromatic nitrogens is 2. The number of hydrogen-bond acceptors (Lipinski definition) is 3. The van der Waals surface area contributed by atoms with Crippen LogP contribution in [0.5, 0.6) is 5.75 Å². The first-order chi connectivity index (χ1) is 10.3. The van der Waals surface area contributed by atoms with Crippen LogP contribution in [-0.4, -0.2) is 14.7 Å². The Morgan fingerprint density at radius 3 is 3.05 bits per heavy atom. The van der Waals surface area contributed by atoms with Crippen LogP contribution in [0.3, 0.4) is 0 Å². The predicted octanol–water partition coefficient (Wildman–Crippen LogP) is 3.17. The maximum atomic E-state index is 10.1. The molecule has 1 fully saturated rings. The minimum absolute atomic E-state index is 0.339. The Morgan fingerprint density at radius 1 is 1.29 bits per heavy atom. The zero-order valence-electron chi connectivity index (χ0n) is 12.0. The van der Waals surface area contributed by atoms with E-state index in [0.717, 1.165) is 36.3 Å². The SMILES string of the molecule is O[C@H]1CCCc2ccc(OCc3cncn3C3CC3)cc21. The van der Waals surface area contributed by atoms with Gasteiger partial charge in [0.1, 0.15) is 12.4 Å². The van der Waals surface area contributed by atoms with Crippen LogP contribution in [0.4, 0.5) is 0 Å². The summed E-state index contributed by atoms with van der Waals surface area (Å²) < 4.78 is 8.13. The molecule has 1 heterocycles. The molecule has 1 N–H and O–H groups in total. The number of nitrogens with zero attached hydrogens (tertiary/aromatic N) is 2. The predicted molar refractivity (Wildman–Crippen MR) is 79.2 cm³/mol. The average molecular weight is 284 g/mol. The Labute approximate surface area is 124 Å². The van der Waals surface area contributed by atoms with E-state index in [9.17, 15) is 5.11 Å². The zero-order valence-corrected chi connectivity index (χ0v) is 12.0. The van der Waals surface area contributed by atoms with Gasteiger partial charge in [-0.1, -0.05) is 6.07 Å². The maximum absolute atomic E-state index is 10.1. The third-order valence-corrected chi connectivity index (χ3v) is 4.47. The third-order valence-electron chi connectivity index (χ3n) is 4.47. The van der Waals surface area contributed by atoms with Gasteiger partial charge in [-0.05, 0) is 55.4 Å². The lowest BCUT2D eigenvalue weighted by Gasteiger charge is -2.22. The normalized spacial score (nSPS) is 21.1. The summed E-state index contributed by atoms with van der Waals surface area (Å²) in [6.45, 7) is 0.533. The second-order valence-electron chi connectivity index (χ2n) is 6.08. The number of aryl methyl sites for hydroxylation is 1. The number of hydrogen-bond donors (Lipinski definition) is 1. The van der Waals surface area contributed by atoms with Gasteiger partial charge in [0.15, 0.2) is 0 Å². The molecule has 1 aromatic heterocycles. The van der Waals surface area contributed by atoms with Crippen molar-refractivity contribution in [2.75, 3.05) is 0 Å². The summed E-state index contributed by atoms with van der Waals surface area (Å²) >= 11 is 0. The quantitative estimate of drug-likeness (QED) is 0.938. The van der Waals surface area contributed by atoms with Crippen molar-refractivity contribution in [3.63, 3.8) is 0 Å². The molecule has 1 atom stereocenters. The Bertz CT molecular complexity index is 646.